The van der Waals surface area contributed by atoms with Gasteiger partial charge < -0.3 is 10.1 Å². The van der Waals surface area contributed by atoms with Gasteiger partial charge >= 0.3 is 0 Å². The fraction of sp³-hybridized carbons (Fsp3) is 0.421. The lowest BCUT2D eigenvalue weighted by atomic mass is 9.81. The number of hydrogen-bond acceptors (Lipinski definition) is 3. The highest BCUT2D eigenvalue weighted by Gasteiger charge is 2.27. The summed E-state index contributed by atoms with van der Waals surface area (Å²) in [4.78, 5) is 4.32. The molecule has 3 nitrogen and oxygen atoms in total. The molecule has 2 atom stereocenters. The second-order valence-corrected chi connectivity index (χ2v) is 5.74. The van der Waals surface area contributed by atoms with Crippen LogP contribution in [0.4, 0.5) is 0 Å². The molecule has 0 radical (unpaired) electrons. The van der Waals surface area contributed by atoms with E-state index in [9.17, 15) is 0 Å². The van der Waals surface area contributed by atoms with Crippen LogP contribution >= 0.6 is 0 Å². The highest BCUT2D eigenvalue weighted by Crippen LogP contribution is 2.27. The lowest BCUT2D eigenvalue weighted by Crippen LogP contribution is -2.39. The fourth-order valence-corrected chi connectivity index (χ4v) is 2.78. The number of aromatic nitrogens is 1. The Morgan fingerprint density at radius 1 is 1.50 bits per heavy atom. The summed E-state index contributed by atoms with van der Waals surface area (Å²) < 4.78 is 5.91. The van der Waals surface area contributed by atoms with E-state index < -0.39 is 0 Å². The molecule has 2 heterocycles. The third kappa shape index (κ3) is 4.57. The molecule has 3 heteroatoms. The van der Waals surface area contributed by atoms with E-state index in [1.165, 1.54) is 5.57 Å². The average Bonchev–Trinajstić information content (AvgIpc) is 2.56. The number of nitrogens with zero attached hydrogens (tertiary/aromatic N) is 1. The van der Waals surface area contributed by atoms with E-state index in [0.717, 1.165) is 25.1 Å². The minimum atomic E-state index is 0.438. The second kappa shape index (κ2) is 8.54. The van der Waals surface area contributed by atoms with E-state index in [1.807, 2.05) is 44.3 Å². The van der Waals surface area contributed by atoms with Gasteiger partial charge in [0.05, 0.1) is 6.61 Å². The molecule has 0 bridgehead atoms. The van der Waals surface area contributed by atoms with Gasteiger partial charge in [-0.25, -0.2) is 4.98 Å². The first-order valence-electron chi connectivity index (χ1n) is 7.96. The van der Waals surface area contributed by atoms with Gasteiger partial charge in [0.15, 0.2) is 0 Å². The summed E-state index contributed by atoms with van der Waals surface area (Å²) in [7, 11) is 0. The minimum absolute atomic E-state index is 0.438. The Labute approximate surface area is 133 Å². The molecule has 0 unspecified atom stereocenters. The Bertz CT molecular complexity index is 531. The maximum absolute atomic E-state index is 5.91. The van der Waals surface area contributed by atoms with Crippen molar-refractivity contribution in [1.82, 2.24) is 10.3 Å². The van der Waals surface area contributed by atoms with Gasteiger partial charge in [0.1, 0.15) is 0 Å². The van der Waals surface area contributed by atoms with Crippen LogP contribution in [0.1, 0.15) is 18.9 Å². The Kier molecular flexibility index (Phi) is 6.41. The summed E-state index contributed by atoms with van der Waals surface area (Å²) in [6.07, 6.45) is 11.2. The van der Waals surface area contributed by atoms with Crippen LogP contribution in [0.15, 0.2) is 54.8 Å². The van der Waals surface area contributed by atoms with Crippen molar-refractivity contribution in [3.05, 3.63) is 60.3 Å². The molecule has 118 valence electrons. The molecule has 0 aromatic carbocycles. The maximum Gasteiger partial charge on any atom is 0.213 e. The van der Waals surface area contributed by atoms with Crippen LogP contribution < -0.4 is 10.1 Å². The number of aryl methyl sites for hydroxylation is 1. The van der Waals surface area contributed by atoms with Crippen LogP contribution in [-0.2, 0) is 0 Å². The summed E-state index contributed by atoms with van der Waals surface area (Å²) in [5, 5.41) is 3.48. The summed E-state index contributed by atoms with van der Waals surface area (Å²) in [6.45, 7) is 10.7. The van der Waals surface area contributed by atoms with Gasteiger partial charge in [-0.3, -0.25) is 0 Å². The zero-order chi connectivity index (χ0) is 15.8. The quantitative estimate of drug-likeness (QED) is 0.813. The van der Waals surface area contributed by atoms with Crippen LogP contribution in [-0.4, -0.2) is 24.7 Å². The minimum Gasteiger partial charge on any atom is -0.477 e. The van der Waals surface area contributed by atoms with Crippen LogP contribution in [0.25, 0.3) is 0 Å². The number of allylic oxidation sites excluding steroid dienone is 4. The van der Waals surface area contributed by atoms with Gasteiger partial charge in [-0.1, -0.05) is 36.9 Å². The van der Waals surface area contributed by atoms with E-state index in [1.54, 1.807) is 0 Å². The zero-order valence-corrected chi connectivity index (χ0v) is 13.6. The van der Waals surface area contributed by atoms with Crippen LogP contribution in [0, 0.1) is 18.8 Å². The first-order chi connectivity index (χ1) is 10.7. The zero-order valence-electron chi connectivity index (χ0n) is 13.6. The standard InChI is InChI=1S/C19H26N2O/c1-4-6-7-16(5-2)18-13-20-11-10-17(18)14-22-19-9-8-15(3)12-21-19/h4-9,12,17-18,20H,2,10-11,13-14H2,1,3H3/b6-4-,16-7+/t17-,18-/m1/s1. The van der Waals surface area contributed by atoms with Crippen molar-refractivity contribution in [2.75, 3.05) is 19.7 Å². The Hall–Kier alpha value is -1.87. The van der Waals surface area contributed by atoms with E-state index in [4.69, 9.17) is 4.74 Å². The second-order valence-electron chi connectivity index (χ2n) is 5.74. The number of rotatable bonds is 6. The average molecular weight is 298 g/mol. The topological polar surface area (TPSA) is 34.1 Å². The van der Waals surface area contributed by atoms with Gasteiger partial charge in [0.25, 0.3) is 0 Å². The van der Waals surface area contributed by atoms with Crippen molar-refractivity contribution >= 4 is 0 Å². The van der Waals surface area contributed by atoms with E-state index in [-0.39, 0.29) is 0 Å². The summed E-state index contributed by atoms with van der Waals surface area (Å²) in [5.74, 6) is 1.63. The SMILES string of the molecule is C=C/C(=C\C=C/C)[C@H]1CNCC[C@@H]1COc1ccc(C)cn1. The van der Waals surface area contributed by atoms with E-state index in [0.29, 0.717) is 24.3 Å². The third-order valence-electron chi connectivity index (χ3n) is 4.10. The predicted octanol–water partition coefficient (Wildman–Crippen LogP) is 3.68. The van der Waals surface area contributed by atoms with Crippen molar-refractivity contribution in [1.29, 1.82) is 0 Å². The molecule has 1 saturated heterocycles. The fourth-order valence-electron chi connectivity index (χ4n) is 2.78. The number of pyridine rings is 1. The molecule has 1 aliphatic heterocycles. The summed E-state index contributed by atoms with van der Waals surface area (Å²) in [5.41, 5.74) is 2.42. The maximum atomic E-state index is 5.91. The number of ether oxygens (including phenoxy) is 1. The molecule has 1 aromatic rings. The molecule has 1 fully saturated rings. The molecule has 22 heavy (non-hydrogen) atoms. The molecular weight excluding hydrogens is 272 g/mol. The highest BCUT2D eigenvalue weighted by atomic mass is 16.5. The largest absolute Gasteiger partial charge is 0.477 e. The monoisotopic (exact) mass is 298 g/mol. The number of piperidine rings is 1. The van der Waals surface area contributed by atoms with Gasteiger partial charge in [-0.05, 0) is 37.9 Å². The molecule has 1 aromatic heterocycles. The van der Waals surface area contributed by atoms with Gasteiger partial charge in [0, 0.05) is 30.6 Å². The lowest BCUT2D eigenvalue weighted by Gasteiger charge is -2.32. The molecule has 0 aliphatic carbocycles. The molecule has 2 rings (SSSR count). The van der Waals surface area contributed by atoms with Gasteiger partial charge in [-0.15, -0.1) is 0 Å². The van der Waals surface area contributed by atoms with Crippen molar-refractivity contribution in [2.45, 2.75) is 20.3 Å². The summed E-state index contributed by atoms with van der Waals surface area (Å²) in [6, 6.07) is 3.97. The Morgan fingerprint density at radius 2 is 2.36 bits per heavy atom. The Morgan fingerprint density at radius 3 is 3.05 bits per heavy atom. The van der Waals surface area contributed by atoms with E-state index >= 15 is 0 Å². The van der Waals surface area contributed by atoms with Crippen LogP contribution in [0.2, 0.25) is 0 Å². The van der Waals surface area contributed by atoms with Gasteiger partial charge in [-0.2, -0.15) is 0 Å². The van der Waals surface area contributed by atoms with Crippen LogP contribution in [0.5, 0.6) is 5.88 Å². The molecule has 1 N–H and O–H groups in total. The molecule has 0 saturated carbocycles. The van der Waals surface area contributed by atoms with Crippen LogP contribution in [0.3, 0.4) is 0 Å². The lowest BCUT2D eigenvalue weighted by molar-refractivity contribution is 0.174. The number of nitrogens with one attached hydrogen (secondary N) is 1. The normalized spacial score (nSPS) is 22.7. The molecule has 0 amide bonds. The molecule has 0 spiro atoms. The molecule has 1 aliphatic rings. The first kappa shape index (κ1) is 16.5. The Balaban J connectivity index is 2.02. The smallest absolute Gasteiger partial charge is 0.213 e. The summed E-state index contributed by atoms with van der Waals surface area (Å²) >= 11 is 0. The number of hydrogen-bond donors (Lipinski definition) is 1. The van der Waals surface area contributed by atoms with Crippen molar-refractivity contribution in [3.8, 4) is 5.88 Å². The first-order valence-corrected chi connectivity index (χ1v) is 7.96. The third-order valence-corrected chi connectivity index (χ3v) is 4.10. The van der Waals surface area contributed by atoms with Crippen molar-refractivity contribution in [3.63, 3.8) is 0 Å². The van der Waals surface area contributed by atoms with Crippen molar-refractivity contribution < 1.29 is 4.74 Å². The highest BCUT2D eigenvalue weighted by molar-refractivity contribution is 5.26. The van der Waals surface area contributed by atoms with Crippen molar-refractivity contribution in [2.24, 2.45) is 11.8 Å². The van der Waals surface area contributed by atoms with Gasteiger partial charge in [0.2, 0.25) is 5.88 Å². The van der Waals surface area contributed by atoms with E-state index in [2.05, 4.69) is 29.0 Å². The molecular formula is C19H26N2O. The predicted molar refractivity (Wildman–Crippen MR) is 92.0 cm³/mol.